The highest BCUT2D eigenvalue weighted by Crippen LogP contribution is 2.30. The molecule has 1 aliphatic carbocycles. The van der Waals surface area contributed by atoms with Gasteiger partial charge < -0.3 is 10.4 Å². The summed E-state index contributed by atoms with van der Waals surface area (Å²) >= 11 is 0. The van der Waals surface area contributed by atoms with Crippen LogP contribution in [0.1, 0.15) is 39.5 Å². The highest BCUT2D eigenvalue weighted by Gasteiger charge is 2.44. The van der Waals surface area contributed by atoms with E-state index in [2.05, 4.69) is 11.4 Å². The molecule has 0 aromatic carbocycles. The average Bonchev–Trinajstić information content (AvgIpc) is 2.75. The Hall–Kier alpha value is -1.12. The Bertz CT molecular complexity index is 388. The average molecular weight is 265 g/mol. The van der Waals surface area contributed by atoms with Crippen LogP contribution in [0, 0.1) is 17.2 Å². The van der Waals surface area contributed by atoms with Crippen molar-refractivity contribution < 1.29 is 9.90 Å². The van der Waals surface area contributed by atoms with Gasteiger partial charge in [-0.1, -0.05) is 13.8 Å². The molecule has 2 N–H and O–H groups in total. The molecule has 0 bridgehead atoms. The number of hydrogen-bond donors (Lipinski definition) is 2. The minimum Gasteiger partial charge on any atom is -0.387 e. The first-order chi connectivity index (χ1) is 8.89. The SMILES string of the molecule is CC(C)C1(O)CN(CC(=O)NC2(C#N)CCCC2)C1. The second-order valence-electron chi connectivity index (χ2n) is 6.35. The predicted molar refractivity (Wildman–Crippen MR) is 71.2 cm³/mol. The van der Waals surface area contributed by atoms with Gasteiger partial charge in [-0.05, 0) is 31.6 Å². The largest absolute Gasteiger partial charge is 0.387 e. The summed E-state index contributed by atoms with van der Waals surface area (Å²) in [6.07, 6.45) is 3.52. The van der Waals surface area contributed by atoms with Crippen molar-refractivity contribution in [2.75, 3.05) is 19.6 Å². The molecule has 5 heteroatoms. The zero-order chi connectivity index (χ0) is 14.1. The maximum absolute atomic E-state index is 12.0. The third kappa shape index (κ3) is 2.90. The number of carbonyl (C=O) groups excluding carboxylic acids is 1. The Kier molecular flexibility index (Phi) is 3.84. The van der Waals surface area contributed by atoms with Gasteiger partial charge in [-0.2, -0.15) is 5.26 Å². The molecular formula is C14H23N3O2. The highest BCUT2D eigenvalue weighted by atomic mass is 16.3. The Labute approximate surface area is 114 Å². The topological polar surface area (TPSA) is 76.4 Å². The molecule has 0 aromatic rings. The fraction of sp³-hybridized carbons (Fsp3) is 0.857. The molecule has 106 valence electrons. The highest BCUT2D eigenvalue weighted by molar-refractivity contribution is 5.79. The Balaban J connectivity index is 1.79. The molecule has 2 fully saturated rings. The van der Waals surface area contributed by atoms with Crippen molar-refractivity contribution in [3.8, 4) is 6.07 Å². The molecule has 1 aliphatic heterocycles. The first-order valence-corrected chi connectivity index (χ1v) is 7.06. The molecule has 1 heterocycles. The van der Waals surface area contributed by atoms with E-state index in [1.54, 1.807) is 0 Å². The Morgan fingerprint density at radius 2 is 2.00 bits per heavy atom. The second kappa shape index (κ2) is 5.10. The van der Waals surface area contributed by atoms with Crippen molar-refractivity contribution in [1.82, 2.24) is 10.2 Å². The standard InChI is InChI=1S/C14H23N3O2/c1-11(2)14(19)9-17(10-14)7-12(18)16-13(8-15)5-3-4-6-13/h11,19H,3-7,9-10H2,1-2H3,(H,16,18). The molecule has 0 radical (unpaired) electrons. The molecule has 0 aromatic heterocycles. The number of hydrogen-bond acceptors (Lipinski definition) is 4. The number of nitriles is 1. The predicted octanol–water partition coefficient (Wildman–Crippen LogP) is 0.642. The van der Waals surface area contributed by atoms with E-state index < -0.39 is 11.1 Å². The Morgan fingerprint density at radius 3 is 2.47 bits per heavy atom. The number of amides is 1. The third-order valence-electron chi connectivity index (χ3n) is 4.49. The number of aliphatic hydroxyl groups is 1. The Morgan fingerprint density at radius 1 is 1.42 bits per heavy atom. The van der Waals surface area contributed by atoms with Gasteiger partial charge in [0.25, 0.3) is 0 Å². The molecule has 0 unspecified atom stereocenters. The van der Waals surface area contributed by atoms with Crippen molar-refractivity contribution >= 4 is 5.91 Å². The maximum Gasteiger partial charge on any atom is 0.235 e. The van der Waals surface area contributed by atoms with Crippen LogP contribution in [0.2, 0.25) is 0 Å². The summed E-state index contributed by atoms with van der Waals surface area (Å²) in [6.45, 7) is 5.33. The van der Waals surface area contributed by atoms with Crippen LogP contribution in [0.5, 0.6) is 0 Å². The molecule has 2 aliphatic rings. The summed E-state index contributed by atoms with van der Waals surface area (Å²) in [6, 6.07) is 2.25. The summed E-state index contributed by atoms with van der Waals surface area (Å²) in [5, 5.41) is 22.2. The summed E-state index contributed by atoms with van der Waals surface area (Å²) in [5.74, 6) is 0.0985. The van der Waals surface area contributed by atoms with Crippen molar-refractivity contribution in [2.45, 2.75) is 50.7 Å². The van der Waals surface area contributed by atoms with Gasteiger partial charge in [0.2, 0.25) is 5.91 Å². The fourth-order valence-electron chi connectivity index (χ4n) is 2.96. The van der Waals surface area contributed by atoms with Crippen LogP contribution in [0.4, 0.5) is 0 Å². The van der Waals surface area contributed by atoms with Crippen LogP contribution in [-0.2, 0) is 4.79 Å². The maximum atomic E-state index is 12.0. The molecule has 1 saturated heterocycles. The smallest absolute Gasteiger partial charge is 0.235 e. The normalized spacial score (nSPS) is 24.8. The second-order valence-corrected chi connectivity index (χ2v) is 6.35. The lowest BCUT2D eigenvalue weighted by atomic mass is 9.83. The van der Waals surface area contributed by atoms with Crippen molar-refractivity contribution in [1.29, 1.82) is 5.26 Å². The van der Waals surface area contributed by atoms with Gasteiger partial charge in [-0.15, -0.1) is 0 Å². The van der Waals surface area contributed by atoms with Gasteiger partial charge in [0.05, 0.1) is 18.2 Å². The summed E-state index contributed by atoms with van der Waals surface area (Å²) in [7, 11) is 0. The van der Waals surface area contributed by atoms with Gasteiger partial charge in [-0.25, -0.2) is 0 Å². The van der Waals surface area contributed by atoms with Crippen LogP contribution in [-0.4, -0.2) is 46.7 Å². The van der Waals surface area contributed by atoms with E-state index in [1.807, 2.05) is 18.7 Å². The number of β-amino-alcohol motifs (C(OH)–C–C–N with tert-alkyl or cyclic N) is 1. The van der Waals surface area contributed by atoms with Crippen LogP contribution < -0.4 is 5.32 Å². The van der Waals surface area contributed by atoms with Crippen LogP contribution in [0.3, 0.4) is 0 Å². The zero-order valence-electron chi connectivity index (χ0n) is 11.8. The lowest BCUT2D eigenvalue weighted by Gasteiger charge is -2.48. The molecule has 1 amide bonds. The number of carbonyl (C=O) groups is 1. The van der Waals surface area contributed by atoms with Crippen molar-refractivity contribution in [3.05, 3.63) is 0 Å². The molecular weight excluding hydrogens is 242 g/mol. The number of nitrogens with one attached hydrogen (secondary N) is 1. The van der Waals surface area contributed by atoms with Crippen molar-refractivity contribution in [3.63, 3.8) is 0 Å². The number of nitrogens with zero attached hydrogens (tertiary/aromatic N) is 2. The molecule has 0 spiro atoms. The molecule has 1 saturated carbocycles. The van der Waals surface area contributed by atoms with Gasteiger partial charge in [0, 0.05) is 13.1 Å². The van der Waals surface area contributed by atoms with E-state index in [-0.39, 0.29) is 18.4 Å². The first kappa shape index (κ1) is 14.3. The fourth-order valence-corrected chi connectivity index (χ4v) is 2.96. The zero-order valence-corrected chi connectivity index (χ0v) is 11.8. The van der Waals surface area contributed by atoms with Gasteiger partial charge in [-0.3, -0.25) is 9.69 Å². The van der Waals surface area contributed by atoms with E-state index in [0.29, 0.717) is 13.1 Å². The molecule has 0 atom stereocenters. The van der Waals surface area contributed by atoms with Crippen LogP contribution >= 0.6 is 0 Å². The number of rotatable bonds is 4. The van der Waals surface area contributed by atoms with Gasteiger partial charge in [0.1, 0.15) is 5.54 Å². The third-order valence-corrected chi connectivity index (χ3v) is 4.49. The van der Waals surface area contributed by atoms with Gasteiger partial charge in [0.15, 0.2) is 0 Å². The molecule has 5 nitrogen and oxygen atoms in total. The van der Waals surface area contributed by atoms with E-state index in [0.717, 1.165) is 25.7 Å². The quantitative estimate of drug-likeness (QED) is 0.782. The van der Waals surface area contributed by atoms with Crippen molar-refractivity contribution in [2.24, 2.45) is 5.92 Å². The first-order valence-electron chi connectivity index (χ1n) is 7.06. The van der Waals surface area contributed by atoms with E-state index >= 15 is 0 Å². The number of likely N-dealkylation sites (tertiary alicyclic amines) is 1. The summed E-state index contributed by atoms with van der Waals surface area (Å²) < 4.78 is 0. The summed E-state index contributed by atoms with van der Waals surface area (Å²) in [5.41, 5.74) is -1.29. The van der Waals surface area contributed by atoms with Crippen LogP contribution in [0.25, 0.3) is 0 Å². The minimum absolute atomic E-state index is 0.103. The van der Waals surface area contributed by atoms with E-state index in [1.165, 1.54) is 0 Å². The molecule has 19 heavy (non-hydrogen) atoms. The minimum atomic E-state index is -0.652. The van der Waals surface area contributed by atoms with E-state index in [9.17, 15) is 15.2 Å². The molecule has 2 rings (SSSR count). The van der Waals surface area contributed by atoms with Gasteiger partial charge >= 0.3 is 0 Å². The monoisotopic (exact) mass is 265 g/mol. The van der Waals surface area contributed by atoms with Crippen LogP contribution in [0.15, 0.2) is 0 Å². The lowest BCUT2D eigenvalue weighted by molar-refractivity contribution is -0.143. The summed E-state index contributed by atoms with van der Waals surface area (Å²) in [4.78, 5) is 13.9. The van der Waals surface area contributed by atoms with E-state index in [4.69, 9.17) is 0 Å². The lowest BCUT2D eigenvalue weighted by Crippen LogP contribution is -2.66.